The molecule has 8 aliphatic heterocycles. The lowest BCUT2D eigenvalue weighted by molar-refractivity contribution is 0.109. The van der Waals surface area contributed by atoms with Crippen LogP contribution in [-0.2, 0) is 0 Å². The maximum Gasteiger partial charge on any atom is 0.139 e. The first-order chi connectivity index (χ1) is 46.4. The SMILES string of the molecule is CCN1CCN(c2cc(-c3ccnc([C@@H]4CCC[C@H](c5cn6c(N7C8CCC7CNC8)cc(-c7cnc([C@@H]8CCC[C@H](c9cn%10c(N%11CC%12CCC(C%11)N%12)cccc%10n9)N8C)c(C)c7)cc6n5)N4C)c3C)cc3nc([C@H]4CCC[C@@H](c5ncccc5C(C)C)N4C)cn23)CC1. The molecule has 4 bridgehead atoms. The van der Waals surface area contributed by atoms with Crippen molar-refractivity contribution >= 4 is 34.4 Å². The van der Waals surface area contributed by atoms with Crippen LogP contribution < -0.4 is 25.3 Å². The number of aryl methyl sites for hydroxylation is 1. The summed E-state index contributed by atoms with van der Waals surface area (Å²) in [6.07, 6.45) is 28.0. The van der Waals surface area contributed by atoms with Crippen molar-refractivity contribution < 1.29 is 0 Å². The maximum atomic E-state index is 5.69. The van der Waals surface area contributed by atoms with E-state index in [-0.39, 0.29) is 36.3 Å². The molecule has 10 atom stereocenters. The van der Waals surface area contributed by atoms with E-state index in [2.05, 4.69) is 212 Å². The van der Waals surface area contributed by atoms with Gasteiger partial charge in [-0.25, -0.2) is 15.0 Å². The second-order valence-corrected chi connectivity index (χ2v) is 30.0. The number of likely N-dealkylation sites (tertiary alicyclic amines) is 3. The van der Waals surface area contributed by atoms with Crippen molar-refractivity contribution in [2.45, 2.75) is 184 Å². The van der Waals surface area contributed by atoms with Crippen molar-refractivity contribution in [3.05, 3.63) is 155 Å². The second-order valence-electron chi connectivity index (χ2n) is 30.0. The Hall–Kier alpha value is -7.32. The summed E-state index contributed by atoms with van der Waals surface area (Å²) in [5, 5.41) is 7.59. The highest BCUT2D eigenvalue weighted by atomic mass is 15.3. The maximum absolute atomic E-state index is 5.69. The topological polar surface area (TPSA) is 137 Å². The molecule has 0 saturated carbocycles. The van der Waals surface area contributed by atoms with Crippen molar-refractivity contribution in [3.8, 4) is 22.3 Å². The number of likely N-dealkylation sites (N-methyl/N-ethyl adjacent to an activating group) is 1. The van der Waals surface area contributed by atoms with Gasteiger partial charge in [-0.05, 0) is 219 Å². The zero-order chi connectivity index (χ0) is 64.3. The lowest BCUT2D eigenvalue weighted by Gasteiger charge is -2.39. The molecule has 18 nitrogen and oxygen atoms in total. The van der Waals surface area contributed by atoms with E-state index in [4.69, 9.17) is 29.9 Å². The Labute approximate surface area is 561 Å². The van der Waals surface area contributed by atoms with Crippen LogP contribution in [0.5, 0.6) is 0 Å². The predicted molar refractivity (Wildman–Crippen MR) is 380 cm³/mol. The van der Waals surface area contributed by atoms with Crippen LogP contribution >= 0.6 is 0 Å². The van der Waals surface area contributed by atoms with Gasteiger partial charge >= 0.3 is 0 Å². The van der Waals surface area contributed by atoms with Gasteiger partial charge in [-0.15, -0.1) is 0 Å². The Bertz CT molecular complexity index is 4280. The number of imidazole rings is 3. The molecule has 18 heteroatoms. The van der Waals surface area contributed by atoms with Crippen LogP contribution in [0.15, 0.2) is 104 Å². The van der Waals surface area contributed by atoms with E-state index in [1.54, 1.807) is 0 Å². The Morgan fingerprint density at radius 3 is 1.71 bits per heavy atom. The monoisotopic (exact) mass is 1270 g/mol. The third kappa shape index (κ3) is 10.9. The number of pyridine rings is 6. The number of rotatable bonds is 13. The van der Waals surface area contributed by atoms with Gasteiger partial charge in [-0.2, -0.15) is 0 Å². The fourth-order valence-electron chi connectivity index (χ4n) is 19.1. The van der Waals surface area contributed by atoms with Crippen LogP contribution in [0.4, 0.5) is 17.5 Å². The van der Waals surface area contributed by atoms with E-state index < -0.39 is 0 Å². The molecule has 9 aromatic heterocycles. The standard InChI is InChI=1S/C77H98N18/c1-9-89-31-33-90(34-32-89)73-39-52(37-71-85-61(46-93(71)73)65-18-12-21-68(88(65)8)77-58(48(2)3)15-14-29-79-77)59-28-30-80-76(50(59)5)67-20-11-17-64(87(67)7)62-47-94-70(84-62)36-51(38-74(94)95-56-26-27-57(95)42-78-41-56)53-35-49(4)75(81-40-53)66-19-10-16-63(86(66)6)60-45-92-69(83-60)22-13-23-72(92)91-43-54-24-25-55(44-91)82-54/h13-15,22-23,28-30,35-40,45-48,54-57,63-68,78,82H,9-12,16-21,24-27,31-34,41-44H2,1-8H3/t54?,55?,56?,57?,63-,64-,65-,66+,67+,68+/m1/s1. The van der Waals surface area contributed by atoms with Crippen LogP contribution in [-0.4, -0.2) is 167 Å². The minimum Gasteiger partial charge on any atom is -0.355 e. The fraction of sp³-hybridized carbons (Fsp3) is 0.532. The van der Waals surface area contributed by atoms with Crippen LogP contribution in [0.2, 0.25) is 0 Å². The summed E-state index contributed by atoms with van der Waals surface area (Å²) in [4.78, 5) is 50.7. The van der Waals surface area contributed by atoms with Gasteiger partial charge in [0.15, 0.2) is 0 Å². The summed E-state index contributed by atoms with van der Waals surface area (Å²) in [5.74, 6) is 4.15. The number of hydrogen-bond acceptors (Lipinski definition) is 15. The molecular weight excluding hydrogens is 1180 g/mol. The average Bonchev–Trinajstić information content (AvgIpc) is 1.66. The third-order valence-electron chi connectivity index (χ3n) is 24.2. The lowest BCUT2D eigenvalue weighted by atomic mass is 9.88. The summed E-state index contributed by atoms with van der Waals surface area (Å²) in [6.45, 7) is 20.7. The van der Waals surface area contributed by atoms with Crippen molar-refractivity contribution in [1.29, 1.82) is 0 Å². The third-order valence-corrected chi connectivity index (χ3v) is 24.2. The van der Waals surface area contributed by atoms with Gasteiger partial charge in [0.1, 0.15) is 34.4 Å². The molecule has 9 aromatic rings. The average molecular weight is 1280 g/mol. The van der Waals surface area contributed by atoms with Crippen molar-refractivity contribution in [1.82, 2.24) is 73.3 Å². The summed E-state index contributed by atoms with van der Waals surface area (Å²) in [6, 6.07) is 28.4. The number of aromatic nitrogens is 9. The van der Waals surface area contributed by atoms with Gasteiger partial charge in [0.05, 0.1) is 70.4 Å². The quantitative estimate of drug-likeness (QED) is 0.113. The zero-order valence-electron chi connectivity index (χ0n) is 57.4. The minimum absolute atomic E-state index is 0.124. The molecule has 8 aliphatic rings. The first-order valence-electron chi connectivity index (χ1n) is 36.4. The van der Waals surface area contributed by atoms with Crippen LogP contribution in [0.25, 0.3) is 39.2 Å². The number of anilines is 3. The number of piperazine rings is 3. The first kappa shape index (κ1) is 61.3. The lowest BCUT2D eigenvalue weighted by Crippen LogP contribution is -2.52. The van der Waals surface area contributed by atoms with Gasteiger partial charge in [0, 0.05) is 119 Å². The summed E-state index contributed by atoms with van der Waals surface area (Å²) < 4.78 is 7.19. The van der Waals surface area contributed by atoms with Gasteiger partial charge < -0.3 is 30.2 Å². The molecule has 0 amide bonds. The largest absolute Gasteiger partial charge is 0.355 e. The van der Waals surface area contributed by atoms with E-state index in [1.807, 2.05) is 6.20 Å². The fourth-order valence-corrected chi connectivity index (χ4v) is 19.1. The molecule has 0 spiro atoms. The summed E-state index contributed by atoms with van der Waals surface area (Å²) in [5.41, 5.74) is 18.6. The number of nitrogens with zero attached hydrogens (tertiary/aromatic N) is 16. The highest BCUT2D eigenvalue weighted by molar-refractivity contribution is 5.76. The van der Waals surface area contributed by atoms with Crippen molar-refractivity contribution in [3.63, 3.8) is 0 Å². The summed E-state index contributed by atoms with van der Waals surface area (Å²) in [7, 11) is 6.94. The molecule has 8 fully saturated rings. The number of fused-ring (bicyclic) bond motifs is 7. The Balaban J connectivity index is 0.662. The molecule has 8 saturated heterocycles. The van der Waals surface area contributed by atoms with Gasteiger partial charge in [-0.3, -0.25) is 42.9 Å². The molecule has 496 valence electrons. The number of piperidine rings is 3. The Morgan fingerprint density at radius 2 is 1.07 bits per heavy atom. The second kappa shape index (κ2) is 25.0. The molecule has 95 heavy (non-hydrogen) atoms. The van der Waals surface area contributed by atoms with Crippen LogP contribution in [0, 0.1) is 13.8 Å². The molecule has 17 heterocycles. The van der Waals surface area contributed by atoms with Gasteiger partial charge in [-0.1, -0.05) is 32.9 Å². The van der Waals surface area contributed by atoms with E-state index in [9.17, 15) is 0 Å². The minimum atomic E-state index is 0.124. The van der Waals surface area contributed by atoms with E-state index in [0.717, 1.165) is 162 Å². The highest BCUT2D eigenvalue weighted by Crippen LogP contribution is 2.47. The van der Waals surface area contributed by atoms with E-state index in [1.165, 1.54) is 87.9 Å². The zero-order valence-corrected chi connectivity index (χ0v) is 57.4. The Kier molecular flexibility index (Phi) is 16.1. The van der Waals surface area contributed by atoms with Crippen LogP contribution in [0.3, 0.4) is 0 Å². The predicted octanol–water partition coefficient (Wildman–Crippen LogP) is 12.6. The molecule has 2 N–H and O–H groups in total. The number of nitrogens with one attached hydrogen (secondary N) is 2. The highest BCUT2D eigenvalue weighted by Gasteiger charge is 2.41. The summed E-state index contributed by atoms with van der Waals surface area (Å²) >= 11 is 0. The van der Waals surface area contributed by atoms with Crippen molar-refractivity contribution in [2.24, 2.45) is 0 Å². The molecule has 0 radical (unpaired) electrons. The van der Waals surface area contributed by atoms with E-state index in [0.29, 0.717) is 30.1 Å². The smallest absolute Gasteiger partial charge is 0.139 e. The van der Waals surface area contributed by atoms with Crippen LogP contribution in [0.1, 0.15) is 197 Å². The molecule has 0 aromatic carbocycles. The van der Waals surface area contributed by atoms with Crippen molar-refractivity contribution in [2.75, 3.05) is 94.7 Å². The number of hydrogen-bond donors (Lipinski definition) is 2. The molecule has 4 unspecified atom stereocenters. The Morgan fingerprint density at radius 1 is 0.505 bits per heavy atom. The molecule has 17 rings (SSSR count). The first-order valence-corrected chi connectivity index (χ1v) is 36.4. The molecular formula is C77H98N18. The van der Waals surface area contributed by atoms with Gasteiger partial charge in [0.2, 0.25) is 0 Å². The normalized spacial score (nSPS) is 27.4. The van der Waals surface area contributed by atoms with Gasteiger partial charge in [0.25, 0.3) is 0 Å². The van der Waals surface area contributed by atoms with E-state index >= 15 is 0 Å². The molecule has 0 aliphatic carbocycles.